The molecule has 2 heterocycles. The van der Waals surface area contributed by atoms with Gasteiger partial charge in [-0.05, 0) is 48.0 Å². The number of alkyl halides is 3. The van der Waals surface area contributed by atoms with Crippen molar-refractivity contribution in [2.75, 3.05) is 35.8 Å². The van der Waals surface area contributed by atoms with E-state index in [4.69, 9.17) is 9.90 Å². The number of amides is 1. The van der Waals surface area contributed by atoms with E-state index in [1.807, 2.05) is 12.1 Å². The fourth-order valence-corrected chi connectivity index (χ4v) is 4.62. The molecular formula is C25H26F3N5O5S. The second-order valence-corrected chi connectivity index (χ2v) is 9.91. The first-order chi connectivity index (χ1) is 18.5. The minimum absolute atomic E-state index is 0.166. The van der Waals surface area contributed by atoms with Gasteiger partial charge in [0.25, 0.3) is 15.9 Å². The van der Waals surface area contributed by atoms with Crippen molar-refractivity contribution in [3.05, 3.63) is 84.2 Å². The van der Waals surface area contributed by atoms with Crippen molar-refractivity contribution in [3.8, 4) is 0 Å². The lowest BCUT2D eigenvalue weighted by molar-refractivity contribution is -0.192. The number of nitrogens with one attached hydrogen (secondary N) is 3. The molecule has 4 rings (SSSR count). The highest BCUT2D eigenvalue weighted by molar-refractivity contribution is 7.92. The van der Waals surface area contributed by atoms with Crippen LogP contribution in [0.4, 0.5) is 24.5 Å². The van der Waals surface area contributed by atoms with Crippen LogP contribution in [0, 0.1) is 0 Å². The monoisotopic (exact) mass is 565 g/mol. The summed E-state index contributed by atoms with van der Waals surface area (Å²) in [7, 11) is -3.80. The number of pyridine rings is 1. The minimum Gasteiger partial charge on any atom is -0.475 e. The molecule has 0 saturated carbocycles. The molecule has 3 aromatic rings. The Morgan fingerprint density at radius 2 is 1.62 bits per heavy atom. The summed E-state index contributed by atoms with van der Waals surface area (Å²) >= 11 is 0. The molecule has 1 saturated heterocycles. The van der Waals surface area contributed by atoms with Crippen molar-refractivity contribution in [2.24, 2.45) is 0 Å². The lowest BCUT2D eigenvalue weighted by atomic mass is 10.1. The van der Waals surface area contributed by atoms with Crippen LogP contribution in [0.1, 0.15) is 15.9 Å². The van der Waals surface area contributed by atoms with E-state index in [1.54, 1.807) is 48.8 Å². The number of benzene rings is 2. The first kappa shape index (κ1) is 29.4. The molecule has 0 atom stereocenters. The van der Waals surface area contributed by atoms with Crippen LogP contribution in [-0.2, 0) is 21.4 Å². The molecule has 1 aliphatic rings. The standard InChI is InChI=1S/C23H25N5O3S.C2HF3O2/c29-23(26-17-18-8-10-24-11-9-18)19-6-7-22(28-14-12-25-13-15-28)21(16-19)27-32(30,31)20-4-2-1-3-5-20;3-2(4,5)1(6)7/h1-11,16,25,27H,12-15,17H2,(H,26,29);(H,6,7). The molecule has 4 N–H and O–H groups in total. The lowest BCUT2D eigenvalue weighted by Gasteiger charge is -2.31. The van der Waals surface area contributed by atoms with Gasteiger partial charge < -0.3 is 20.6 Å². The van der Waals surface area contributed by atoms with Gasteiger partial charge in [0.2, 0.25) is 0 Å². The van der Waals surface area contributed by atoms with Gasteiger partial charge in [0.05, 0.1) is 16.3 Å². The van der Waals surface area contributed by atoms with E-state index in [1.165, 1.54) is 12.1 Å². The number of aromatic nitrogens is 1. The summed E-state index contributed by atoms with van der Waals surface area (Å²) < 4.78 is 60.4. The first-order valence-electron chi connectivity index (χ1n) is 11.6. The SMILES string of the molecule is O=C(NCc1ccncc1)c1ccc(N2CCNCC2)c(NS(=O)(=O)c2ccccc2)c1.O=C(O)C(F)(F)F. The molecule has 39 heavy (non-hydrogen) atoms. The molecule has 14 heteroatoms. The molecule has 208 valence electrons. The van der Waals surface area contributed by atoms with Crippen LogP contribution in [0.2, 0.25) is 0 Å². The molecule has 1 aliphatic heterocycles. The topological polar surface area (TPSA) is 141 Å². The van der Waals surface area contributed by atoms with E-state index in [9.17, 15) is 26.4 Å². The predicted molar refractivity (Wildman–Crippen MR) is 138 cm³/mol. The Morgan fingerprint density at radius 3 is 2.21 bits per heavy atom. The van der Waals surface area contributed by atoms with E-state index in [-0.39, 0.29) is 10.8 Å². The number of halogens is 3. The number of carbonyl (C=O) groups is 2. The molecule has 1 amide bonds. The minimum atomic E-state index is -5.08. The third-order valence-electron chi connectivity index (χ3n) is 5.46. The smallest absolute Gasteiger partial charge is 0.475 e. The Hall–Kier alpha value is -4.17. The van der Waals surface area contributed by atoms with Gasteiger partial charge in [0.15, 0.2) is 0 Å². The summed E-state index contributed by atoms with van der Waals surface area (Å²) in [5.41, 5.74) is 2.43. The summed E-state index contributed by atoms with van der Waals surface area (Å²) in [6.07, 6.45) is -1.75. The van der Waals surface area contributed by atoms with Gasteiger partial charge >= 0.3 is 12.1 Å². The number of aliphatic carboxylic acids is 1. The van der Waals surface area contributed by atoms with Gasteiger partial charge in [-0.1, -0.05) is 18.2 Å². The molecule has 1 fully saturated rings. The van der Waals surface area contributed by atoms with E-state index in [0.717, 1.165) is 37.4 Å². The third-order valence-corrected chi connectivity index (χ3v) is 6.84. The summed E-state index contributed by atoms with van der Waals surface area (Å²) in [5, 5.41) is 13.3. The Kier molecular flexibility index (Phi) is 9.84. The highest BCUT2D eigenvalue weighted by Crippen LogP contribution is 2.30. The number of carboxylic acids is 1. The van der Waals surface area contributed by atoms with Crippen molar-refractivity contribution in [2.45, 2.75) is 17.6 Å². The molecule has 0 radical (unpaired) electrons. The molecule has 0 bridgehead atoms. The number of piperazine rings is 1. The second-order valence-electron chi connectivity index (χ2n) is 8.23. The summed E-state index contributed by atoms with van der Waals surface area (Å²) in [4.78, 5) is 27.9. The zero-order valence-electron chi connectivity index (χ0n) is 20.5. The zero-order chi connectivity index (χ0) is 28.5. The average Bonchev–Trinajstić information content (AvgIpc) is 2.93. The van der Waals surface area contributed by atoms with E-state index in [2.05, 4.69) is 25.2 Å². The molecular weight excluding hydrogens is 539 g/mol. The van der Waals surface area contributed by atoms with Crippen LogP contribution in [0.3, 0.4) is 0 Å². The Morgan fingerprint density at radius 1 is 1.00 bits per heavy atom. The third kappa shape index (κ3) is 8.68. The average molecular weight is 566 g/mol. The largest absolute Gasteiger partial charge is 0.490 e. The zero-order valence-corrected chi connectivity index (χ0v) is 21.3. The van der Waals surface area contributed by atoms with Crippen LogP contribution >= 0.6 is 0 Å². The molecule has 2 aromatic carbocycles. The maximum Gasteiger partial charge on any atom is 0.490 e. The van der Waals surface area contributed by atoms with Gasteiger partial charge in [-0.3, -0.25) is 14.5 Å². The Bertz CT molecular complexity index is 1370. The number of carboxylic acid groups (broad SMARTS) is 1. The van der Waals surface area contributed by atoms with Crippen molar-refractivity contribution >= 4 is 33.3 Å². The van der Waals surface area contributed by atoms with Gasteiger partial charge in [0, 0.05) is 50.7 Å². The fraction of sp³-hybridized carbons (Fsp3) is 0.240. The number of carbonyl (C=O) groups excluding carboxylic acids is 1. The van der Waals surface area contributed by atoms with E-state index >= 15 is 0 Å². The molecule has 10 nitrogen and oxygen atoms in total. The lowest BCUT2D eigenvalue weighted by Crippen LogP contribution is -2.43. The predicted octanol–water partition coefficient (Wildman–Crippen LogP) is 2.86. The fourth-order valence-electron chi connectivity index (χ4n) is 3.53. The highest BCUT2D eigenvalue weighted by atomic mass is 32.2. The number of hydrogen-bond donors (Lipinski definition) is 4. The van der Waals surface area contributed by atoms with E-state index < -0.39 is 22.2 Å². The number of nitrogens with zero attached hydrogens (tertiary/aromatic N) is 2. The van der Waals surface area contributed by atoms with Crippen LogP contribution in [0.25, 0.3) is 0 Å². The van der Waals surface area contributed by atoms with Crippen molar-refractivity contribution < 1.29 is 36.3 Å². The Labute approximate surface area is 222 Å². The summed E-state index contributed by atoms with van der Waals surface area (Å²) in [5.74, 6) is -3.04. The maximum atomic E-state index is 13.0. The number of sulfonamides is 1. The summed E-state index contributed by atoms with van der Waals surface area (Å²) in [6.45, 7) is 3.45. The molecule has 1 aromatic heterocycles. The highest BCUT2D eigenvalue weighted by Gasteiger charge is 2.38. The number of hydrogen-bond acceptors (Lipinski definition) is 7. The van der Waals surface area contributed by atoms with Gasteiger partial charge in [-0.2, -0.15) is 13.2 Å². The molecule has 0 unspecified atom stereocenters. The van der Waals surface area contributed by atoms with Gasteiger partial charge in [-0.25, -0.2) is 13.2 Å². The van der Waals surface area contributed by atoms with Crippen molar-refractivity contribution in [1.29, 1.82) is 0 Å². The van der Waals surface area contributed by atoms with Crippen LogP contribution in [-0.4, -0.2) is 62.7 Å². The number of anilines is 2. The molecule has 0 spiro atoms. The summed E-state index contributed by atoms with van der Waals surface area (Å²) in [6, 6.07) is 17.0. The quantitative estimate of drug-likeness (QED) is 0.343. The molecule has 0 aliphatic carbocycles. The normalized spacial score (nSPS) is 13.6. The maximum absolute atomic E-state index is 13.0. The van der Waals surface area contributed by atoms with Crippen molar-refractivity contribution in [1.82, 2.24) is 15.6 Å². The van der Waals surface area contributed by atoms with Crippen LogP contribution in [0.15, 0.2) is 78.0 Å². The number of rotatable bonds is 7. The first-order valence-corrected chi connectivity index (χ1v) is 13.1. The van der Waals surface area contributed by atoms with Crippen molar-refractivity contribution in [3.63, 3.8) is 0 Å². The van der Waals surface area contributed by atoms with Crippen LogP contribution in [0.5, 0.6) is 0 Å². The van der Waals surface area contributed by atoms with Gasteiger partial charge in [0.1, 0.15) is 0 Å². The van der Waals surface area contributed by atoms with E-state index in [0.29, 0.717) is 17.8 Å². The second kappa shape index (κ2) is 13.1. The van der Waals surface area contributed by atoms with Crippen LogP contribution < -0.4 is 20.3 Å². The van der Waals surface area contributed by atoms with Gasteiger partial charge in [-0.15, -0.1) is 0 Å². The Balaban J connectivity index is 0.000000532.